The van der Waals surface area contributed by atoms with Gasteiger partial charge in [0.1, 0.15) is 75.4 Å². The Hall–Kier alpha value is 1.48. The first-order valence-corrected chi connectivity index (χ1v) is 61.9. The van der Waals surface area contributed by atoms with Crippen LogP contribution in [0.15, 0.2) is 0 Å². The zero-order valence-electron chi connectivity index (χ0n) is 72.6. The van der Waals surface area contributed by atoms with Crippen LogP contribution in [0.25, 0.3) is 0 Å². The Morgan fingerprint density at radius 2 is 0.230 bits per heavy atom. The molecule has 0 bridgehead atoms. The Morgan fingerprint density at radius 3 is 0.328 bits per heavy atom. The fourth-order valence-electron chi connectivity index (χ4n) is 13.5. The van der Waals surface area contributed by atoms with Gasteiger partial charge in [0.25, 0.3) is 0 Å². The molecule has 122 heavy (non-hydrogen) atoms. The molecule has 0 amide bonds. The van der Waals surface area contributed by atoms with Crippen LogP contribution >= 0.6 is 91.1 Å². The topological polar surface area (TPSA) is 452 Å². The molecule has 0 saturated carbocycles. The molecular weight excluding hydrogens is 1850 g/mol. The second-order valence-electron chi connectivity index (χ2n) is 37.3. The molecule has 0 aromatic carbocycles. The summed E-state index contributed by atoms with van der Waals surface area (Å²) in [5, 5.41) is 0. The summed E-state index contributed by atoms with van der Waals surface area (Å²) in [5.41, 5.74) is -2.20. The van der Waals surface area contributed by atoms with Crippen molar-refractivity contribution in [3.05, 3.63) is 0 Å². The van der Waals surface area contributed by atoms with Crippen molar-refractivity contribution in [3.63, 3.8) is 0 Å². The minimum absolute atomic E-state index is 0.152. The van der Waals surface area contributed by atoms with Crippen LogP contribution in [-0.2, 0) is 163 Å². The standard InChI is InChI=1S/C42H84N4O18P6.C24H48N4O18P6/c1-37(2)19-53-65(47,54-20-37)31-44(32-66(48)55-21-38(3,4)22-56-66)16-13-43(14-17-45(33-67(49)57-23-39(5,6)24-58-67)34-68(50)59-25-40(7,8)26-60-68)15-18-46(35-69(51)61-27-41(9,10)28-62-69)36-70(52)63-29-42(11,12)30-64-70;29-47(35-7-8-36-47)19-26(20-48(30)37-9-10-38-48)4-1-25(2-5-27(21-49(31)39-11-12-40-49)22-50(32)41-13-14-42-50)3-6-28(23-51(33)43-15-16-44-51)24-52(34)45-17-18-46-52/h13-36H2,1-12H3;1-24H2. The van der Waals surface area contributed by atoms with Gasteiger partial charge in [-0.15, -0.1) is 0 Å². The fourth-order valence-corrected chi connectivity index (χ4v) is 36.9. The van der Waals surface area contributed by atoms with Gasteiger partial charge < -0.3 is 109 Å². The maximum absolute atomic E-state index is 14.2. The van der Waals surface area contributed by atoms with Crippen LogP contribution in [0, 0.1) is 32.5 Å². The molecule has 0 spiro atoms. The normalized spacial score (nSPS) is 28.2. The Labute approximate surface area is 718 Å². The summed E-state index contributed by atoms with van der Waals surface area (Å²) in [6, 6.07) is 0. The van der Waals surface area contributed by atoms with E-state index in [0.29, 0.717) is 0 Å². The van der Waals surface area contributed by atoms with E-state index in [1.807, 2.05) is 92.9 Å². The molecule has 12 aliphatic heterocycles. The second kappa shape index (κ2) is 42.8. The predicted octanol–water partition coefficient (Wildman–Crippen LogP) is 12.9. The second-order valence-corrected chi connectivity index (χ2v) is 61.6. The number of rotatable bonds is 42. The van der Waals surface area contributed by atoms with E-state index in [0.717, 1.165) is 0 Å². The summed E-state index contributed by atoms with van der Waals surface area (Å²) < 4.78 is 301. The summed E-state index contributed by atoms with van der Waals surface area (Å²) in [7, 11) is -43.4. The summed E-state index contributed by atoms with van der Waals surface area (Å²) in [4.78, 5) is 14.1. The molecule has 12 saturated heterocycles. The van der Waals surface area contributed by atoms with Crippen molar-refractivity contribution in [2.24, 2.45) is 32.5 Å². The van der Waals surface area contributed by atoms with Crippen molar-refractivity contribution < 1.29 is 163 Å². The molecule has 56 heteroatoms. The molecule has 0 N–H and O–H groups in total. The summed E-state index contributed by atoms with van der Waals surface area (Å²) in [6.07, 6.45) is -2.24. The monoisotopic (exact) mass is 1980 g/mol. The van der Waals surface area contributed by atoms with E-state index in [9.17, 15) is 54.8 Å². The third-order valence-corrected chi connectivity index (χ3v) is 42.8. The highest BCUT2D eigenvalue weighted by Crippen LogP contribution is 2.64. The van der Waals surface area contributed by atoms with Crippen molar-refractivity contribution >= 4 is 91.1 Å². The Kier molecular flexibility index (Phi) is 36.5. The van der Waals surface area contributed by atoms with Gasteiger partial charge in [0.15, 0.2) is 0 Å². The SMILES string of the molecule is CC1(C)COP(=O)(CN(CCN(CCN(CP2(=O)OCC(C)(C)CO2)CP2(=O)OCC(C)(C)CO2)CCN(CP2(=O)OCC(C)(C)CO2)CP2(=O)OCC(C)(C)CO2)CP2(=O)OCC(C)(C)CO2)OC1.O=P1(CN(CCN(CCN(CP2(=O)OCCO2)CP2(=O)OCCO2)CCN(CP2(=O)OCCO2)CP2(=O)OCCO2)CP2(=O)OCCO2)OCCO1. The number of hydrogen-bond donors (Lipinski definition) is 0. The van der Waals surface area contributed by atoms with Crippen LogP contribution in [0.4, 0.5) is 0 Å². The molecule has 0 radical (unpaired) electrons. The van der Waals surface area contributed by atoms with Crippen molar-refractivity contribution in [2.75, 3.05) is 313 Å². The Bertz CT molecular complexity index is 3350. The van der Waals surface area contributed by atoms with E-state index in [2.05, 4.69) is 0 Å². The van der Waals surface area contributed by atoms with E-state index < -0.39 is 91.1 Å². The van der Waals surface area contributed by atoms with Gasteiger partial charge in [-0.1, -0.05) is 83.1 Å². The molecule has 44 nitrogen and oxygen atoms in total. The van der Waals surface area contributed by atoms with Crippen molar-refractivity contribution in [2.45, 2.75) is 83.1 Å². The minimum Gasteiger partial charge on any atom is -0.307 e. The van der Waals surface area contributed by atoms with Crippen LogP contribution in [0.5, 0.6) is 0 Å². The van der Waals surface area contributed by atoms with Gasteiger partial charge in [-0.3, -0.25) is 94.0 Å². The van der Waals surface area contributed by atoms with Gasteiger partial charge in [0.05, 0.1) is 159 Å². The number of nitrogens with zero attached hydrogens (tertiary/aromatic N) is 8. The lowest BCUT2D eigenvalue weighted by molar-refractivity contribution is 0.0287. The van der Waals surface area contributed by atoms with Gasteiger partial charge in [-0.05, 0) is 0 Å². The highest BCUT2D eigenvalue weighted by Gasteiger charge is 2.50. The lowest BCUT2D eigenvalue weighted by atomic mass is 9.97. The minimum atomic E-state index is -3.72. The quantitative estimate of drug-likeness (QED) is 0.0512. The van der Waals surface area contributed by atoms with E-state index in [4.69, 9.17) is 109 Å². The zero-order valence-corrected chi connectivity index (χ0v) is 83.3. The van der Waals surface area contributed by atoms with Crippen molar-refractivity contribution in [1.82, 2.24) is 39.2 Å². The molecule has 12 heterocycles. The molecule has 0 aromatic rings. The van der Waals surface area contributed by atoms with Crippen LogP contribution in [-0.4, -0.2) is 352 Å². The van der Waals surface area contributed by atoms with Crippen LogP contribution < -0.4 is 0 Å². The number of hydrogen-bond acceptors (Lipinski definition) is 44. The molecule has 12 fully saturated rings. The average molecular weight is 1990 g/mol. The predicted molar refractivity (Wildman–Crippen MR) is 448 cm³/mol. The maximum atomic E-state index is 14.2. The van der Waals surface area contributed by atoms with Gasteiger partial charge >= 0.3 is 91.1 Å². The van der Waals surface area contributed by atoms with Gasteiger partial charge in [-0.2, -0.15) is 0 Å². The zero-order chi connectivity index (χ0) is 88.5. The Balaban J connectivity index is 0.000000248. The molecule has 712 valence electrons. The van der Waals surface area contributed by atoms with Crippen LogP contribution in [0.2, 0.25) is 0 Å². The van der Waals surface area contributed by atoms with E-state index in [1.165, 1.54) is 0 Å². The highest BCUT2D eigenvalue weighted by molar-refractivity contribution is 7.57. The molecule has 12 aliphatic rings. The largest absolute Gasteiger partial charge is 0.344 e. The molecule has 12 rings (SSSR count). The lowest BCUT2D eigenvalue weighted by Gasteiger charge is -2.40. The summed E-state index contributed by atoms with van der Waals surface area (Å²) in [6.45, 7) is 30.2. The van der Waals surface area contributed by atoms with Gasteiger partial charge in [0.2, 0.25) is 0 Å². The molecule has 0 aliphatic carbocycles. The third-order valence-electron chi connectivity index (χ3n) is 20.7. The summed E-state index contributed by atoms with van der Waals surface area (Å²) >= 11 is 0. The third kappa shape index (κ3) is 33.5. The van der Waals surface area contributed by atoms with Crippen molar-refractivity contribution in [3.8, 4) is 0 Å². The maximum Gasteiger partial charge on any atom is 0.344 e. The molecule has 0 unspecified atom stereocenters. The van der Waals surface area contributed by atoms with E-state index in [-0.39, 0.29) is 345 Å². The first-order valence-electron chi connectivity index (χ1n) is 41.1. The smallest absolute Gasteiger partial charge is 0.307 e. The molecule has 0 aromatic heterocycles. The first-order chi connectivity index (χ1) is 56.8. The average Bonchev–Trinajstić information content (AvgIpc) is 0.964. The summed E-state index contributed by atoms with van der Waals surface area (Å²) in [5.74, 6) is 0. The first kappa shape index (κ1) is 104. The van der Waals surface area contributed by atoms with Crippen LogP contribution in [0.3, 0.4) is 0 Å². The fraction of sp³-hybridized carbons (Fsp3) is 1.00. The molecule has 0 atom stereocenters. The Morgan fingerprint density at radius 1 is 0.148 bits per heavy atom. The van der Waals surface area contributed by atoms with E-state index >= 15 is 0 Å². The lowest BCUT2D eigenvalue weighted by Crippen LogP contribution is -2.45. The van der Waals surface area contributed by atoms with E-state index in [1.54, 1.807) is 29.4 Å². The van der Waals surface area contributed by atoms with Crippen molar-refractivity contribution in [1.29, 1.82) is 0 Å². The van der Waals surface area contributed by atoms with Crippen LogP contribution in [0.1, 0.15) is 83.1 Å². The molecular formula is C66H132N8O36P12. The van der Waals surface area contributed by atoms with Gasteiger partial charge in [0, 0.05) is 111 Å². The van der Waals surface area contributed by atoms with Gasteiger partial charge in [-0.25, -0.2) is 0 Å². The highest BCUT2D eigenvalue weighted by atomic mass is 31.2.